The molecule has 116 valence electrons. The van der Waals surface area contributed by atoms with Gasteiger partial charge in [0.25, 0.3) is 0 Å². The maximum absolute atomic E-state index is 12.5. The molecule has 0 N–H and O–H groups in total. The average Bonchev–Trinajstić information content (AvgIpc) is 3.00. The summed E-state index contributed by atoms with van der Waals surface area (Å²) in [7, 11) is -1.54. The summed E-state index contributed by atoms with van der Waals surface area (Å²) >= 11 is 0. The van der Waals surface area contributed by atoms with Crippen molar-refractivity contribution in [3.8, 4) is 0 Å². The first-order chi connectivity index (χ1) is 9.44. The highest BCUT2D eigenvalue weighted by Gasteiger charge is 2.39. The van der Waals surface area contributed by atoms with Crippen LogP contribution >= 0.6 is 0 Å². The van der Waals surface area contributed by atoms with Gasteiger partial charge < -0.3 is 4.90 Å². The van der Waals surface area contributed by atoms with Crippen molar-refractivity contribution < 1.29 is 13.2 Å². The van der Waals surface area contributed by atoms with Crippen molar-refractivity contribution >= 4 is 15.7 Å². The summed E-state index contributed by atoms with van der Waals surface area (Å²) in [5, 5.41) is -1.17. The van der Waals surface area contributed by atoms with Gasteiger partial charge in [0.15, 0.2) is 9.84 Å². The number of amides is 1. The van der Waals surface area contributed by atoms with E-state index in [1.165, 1.54) is 6.42 Å². The first kappa shape index (κ1) is 15.8. The van der Waals surface area contributed by atoms with Crippen molar-refractivity contribution in [1.29, 1.82) is 0 Å². The van der Waals surface area contributed by atoms with E-state index < -0.39 is 15.1 Å². The molecule has 0 bridgehead atoms. The summed E-state index contributed by atoms with van der Waals surface area (Å²) in [5.74, 6) is -0.205. The number of hydrogen-bond donors (Lipinski definition) is 0. The highest BCUT2D eigenvalue weighted by atomic mass is 32.2. The minimum absolute atomic E-state index is 0.205. The zero-order valence-corrected chi connectivity index (χ0v) is 13.5. The summed E-state index contributed by atoms with van der Waals surface area (Å²) in [6, 6.07) is 0.234. The van der Waals surface area contributed by atoms with Crippen LogP contribution in [0, 0.1) is 0 Å². The van der Waals surface area contributed by atoms with Gasteiger partial charge in [0.2, 0.25) is 5.91 Å². The van der Waals surface area contributed by atoms with Crippen LogP contribution in [-0.4, -0.2) is 42.8 Å². The monoisotopic (exact) mass is 301 g/mol. The molecule has 0 saturated heterocycles. The molecule has 0 heterocycles. The standard InChI is InChI=1S/C15H27NO3S/c1-12(20(18,19)14-10-6-7-11-14)15(17)16(2)13-8-4-3-5-9-13/h12-14H,3-11H2,1-2H3. The zero-order chi connectivity index (χ0) is 14.8. The van der Waals surface area contributed by atoms with Crippen LogP contribution in [0.25, 0.3) is 0 Å². The van der Waals surface area contributed by atoms with Gasteiger partial charge >= 0.3 is 0 Å². The first-order valence-corrected chi connectivity index (χ1v) is 9.55. The van der Waals surface area contributed by atoms with Crippen molar-refractivity contribution in [2.45, 2.75) is 81.3 Å². The summed E-state index contributed by atoms with van der Waals surface area (Å²) in [5.41, 5.74) is 0. The Balaban J connectivity index is 2.03. The molecule has 2 rings (SSSR count). The molecule has 5 heteroatoms. The molecule has 0 aromatic rings. The lowest BCUT2D eigenvalue weighted by Gasteiger charge is -2.33. The first-order valence-electron chi connectivity index (χ1n) is 7.94. The van der Waals surface area contributed by atoms with Crippen LogP contribution in [0.5, 0.6) is 0 Å². The van der Waals surface area contributed by atoms with Gasteiger partial charge in [0.1, 0.15) is 5.25 Å². The molecule has 1 unspecified atom stereocenters. The summed E-state index contributed by atoms with van der Waals surface area (Å²) in [6.07, 6.45) is 8.95. The number of rotatable bonds is 4. The lowest BCUT2D eigenvalue weighted by molar-refractivity contribution is -0.131. The van der Waals surface area contributed by atoms with Crippen molar-refractivity contribution in [1.82, 2.24) is 4.90 Å². The Hall–Kier alpha value is -0.580. The Bertz CT molecular complexity index is 434. The third-order valence-corrected chi connectivity index (χ3v) is 7.67. The molecule has 1 atom stereocenters. The number of sulfone groups is 1. The SMILES string of the molecule is CC(C(=O)N(C)C1CCCCC1)S(=O)(=O)C1CCCC1. The Labute approximate surface area is 122 Å². The van der Waals surface area contributed by atoms with Gasteiger partial charge in [-0.3, -0.25) is 4.79 Å². The highest BCUT2D eigenvalue weighted by Crippen LogP contribution is 2.29. The van der Waals surface area contributed by atoms with Gasteiger partial charge in [-0.05, 0) is 32.6 Å². The minimum Gasteiger partial charge on any atom is -0.342 e. The van der Waals surface area contributed by atoms with E-state index in [0.717, 1.165) is 51.4 Å². The molecular weight excluding hydrogens is 274 g/mol. The molecule has 0 aromatic carbocycles. The third-order valence-electron chi connectivity index (χ3n) is 5.08. The molecule has 0 radical (unpaired) electrons. The van der Waals surface area contributed by atoms with Crippen LogP contribution in [0.3, 0.4) is 0 Å². The maximum Gasteiger partial charge on any atom is 0.240 e. The molecule has 2 aliphatic rings. The summed E-state index contributed by atoms with van der Waals surface area (Å²) < 4.78 is 25.0. The quantitative estimate of drug-likeness (QED) is 0.802. The molecule has 2 saturated carbocycles. The molecule has 20 heavy (non-hydrogen) atoms. The topological polar surface area (TPSA) is 54.5 Å². The second-order valence-electron chi connectivity index (χ2n) is 6.38. The smallest absolute Gasteiger partial charge is 0.240 e. The minimum atomic E-state index is -3.31. The van der Waals surface area contributed by atoms with Crippen LogP contribution in [0.2, 0.25) is 0 Å². The number of nitrogens with zero attached hydrogens (tertiary/aromatic N) is 1. The van der Waals surface area contributed by atoms with Crippen LogP contribution < -0.4 is 0 Å². The van der Waals surface area contributed by atoms with E-state index in [2.05, 4.69) is 0 Å². The molecule has 2 aliphatic carbocycles. The zero-order valence-electron chi connectivity index (χ0n) is 12.7. The largest absolute Gasteiger partial charge is 0.342 e. The van der Waals surface area contributed by atoms with Crippen LogP contribution in [-0.2, 0) is 14.6 Å². The summed E-state index contributed by atoms with van der Waals surface area (Å²) in [6.45, 7) is 1.58. The Morgan fingerprint density at radius 2 is 1.50 bits per heavy atom. The average molecular weight is 301 g/mol. The Kier molecular flexibility index (Phi) is 5.10. The predicted octanol–water partition coefficient (Wildman–Crippen LogP) is 2.52. The van der Waals surface area contributed by atoms with E-state index in [1.54, 1.807) is 18.9 Å². The van der Waals surface area contributed by atoms with Crippen molar-refractivity contribution in [2.24, 2.45) is 0 Å². The fourth-order valence-corrected chi connectivity index (χ4v) is 5.60. The number of carbonyl (C=O) groups excluding carboxylic acids is 1. The van der Waals surface area contributed by atoms with Gasteiger partial charge in [-0.25, -0.2) is 8.42 Å². The molecule has 0 aliphatic heterocycles. The normalized spacial score (nSPS) is 23.7. The number of carbonyl (C=O) groups is 1. The van der Waals surface area contributed by atoms with E-state index in [9.17, 15) is 13.2 Å². The van der Waals surface area contributed by atoms with E-state index in [0.29, 0.717) is 0 Å². The summed E-state index contributed by atoms with van der Waals surface area (Å²) in [4.78, 5) is 14.2. The molecule has 1 amide bonds. The molecule has 0 aromatic heterocycles. The highest BCUT2D eigenvalue weighted by molar-refractivity contribution is 7.93. The number of hydrogen-bond acceptors (Lipinski definition) is 3. The molecule has 4 nitrogen and oxygen atoms in total. The molecule has 2 fully saturated rings. The lowest BCUT2D eigenvalue weighted by Crippen LogP contribution is -2.47. The second kappa shape index (κ2) is 6.46. The van der Waals surface area contributed by atoms with Crippen molar-refractivity contribution in [3.05, 3.63) is 0 Å². The van der Waals surface area contributed by atoms with Crippen molar-refractivity contribution in [2.75, 3.05) is 7.05 Å². The van der Waals surface area contributed by atoms with Gasteiger partial charge in [-0.15, -0.1) is 0 Å². The van der Waals surface area contributed by atoms with Gasteiger partial charge in [-0.1, -0.05) is 32.1 Å². The fourth-order valence-electron chi connectivity index (χ4n) is 3.58. The van der Waals surface area contributed by atoms with Crippen LogP contribution in [0.4, 0.5) is 0 Å². The van der Waals surface area contributed by atoms with Crippen LogP contribution in [0.15, 0.2) is 0 Å². The third kappa shape index (κ3) is 3.18. The van der Waals surface area contributed by atoms with E-state index >= 15 is 0 Å². The molecule has 0 spiro atoms. The fraction of sp³-hybridized carbons (Fsp3) is 0.933. The van der Waals surface area contributed by atoms with Gasteiger partial charge in [-0.2, -0.15) is 0 Å². The lowest BCUT2D eigenvalue weighted by atomic mass is 9.94. The maximum atomic E-state index is 12.5. The second-order valence-corrected chi connectivity index (χ2v) is 8.93. The van der Waals surface area contributed by atoms with Gasteiger partial charge in [0.05, 0.1) is 5.25 Å². The Morgan fingerprint density at radius 1 is 1.00 bits per heavy atom. The van der Waals surface area contributed by atoms with Crippen molar-refractivity contribution in [3.63, 3.8) is 0 Å². The van der Waals surface area contributed by atoms with Crippen LogP contribution in [0.1, 0.15) is 64.7 Å². The van der Waals surface area contributed by atoms with E-state index in [1.807, 2.05) is 0 Å². The molecular formula is C15H27NO3S. The van der Waals surface area contributed by atoms with Gasteiger partial charge in [0, 0.05) is 13.1 Å². The predicted molar refractivity (Wildman–Crippen MR) is 80.3 cm³/mol. The van der Waals surface area contributed by atoms with E-state index in [4.69, 9.17) is 0 Å². The Morgan fingerprint density at radius 3 is 2.05 bits per heavy atom. The van der Waals surface area contributed by atoms with E-state index in [-0.39, 0.29) is 17.2 Å².